The fraction of sp³-hybridized carbons (Fsp3) is 0.364. The van der Waals surface area contributed by atoms with Gasteiger partial charge in [0.05, 0.1) is 24.7 Å². The van der Waals surface area contributed by atoms with Gasteiger partial charge in [-0.25, -0.2) is 4.79 Å². The molecule has 17 heavy (non-hydrogen) atoms. The number of methoxy groups -OCH3 is 2. The minimum atomic E-state index is -0.583. The topological polar surface area (TPSA) is 78.7 Å². The van der Waals surface area contributed by atoms with Crippen LogP contribution in [0.15, 0.2) is 18.2 Å². The summed E-state index contributed by atoms with van der Waals surface area (Å²) in [6, 6.07) is 3.78. The van der Waals surface area contributed by atoms with Gasteiger partial charge in [0, 0.05) is 12.1 Å². The molecule has 1 rings (SSSR count). The maximum absolute atomic E-state index is 11.1. The molecule has 0 N–H and O–H groups in total. The van der Waals surface area contributed by atoms with Crippen molar-refractivity contribution in [3.63, 3.8) is 0 Å². The average molecular weight is 241 g/mol. The van der Waals surface area contributed by atoms with Crippen LogP contribution in [0.3, 0.4) is 0 Å². The van der Waals surface area contributed by atoms with Gasteiger partial charge in [0.1, 0.15) is 0 Å². The first-order chi connectivity index (χ1) is 8.10. The number of hydrogen-bond acceptors (Lipinski definition) is 5. The highest BCUT2D eigenvalue weighted by molar-refractivity contribution is 5.90. The molecule has 0 radical (unpaired) electrons. The first kappa shape index (κ1) is 14.9. The Balaban J connectivity index is 0.00000121. The van der Waals surface area contributed by atoms with Crippen molar-refractivity contribution in [3.05, 3.63) is 33.9 Å². The van der Waals surface area contributed by atoms with E-state index in [9.17, 15) is 14.9 Å². The maximum atomic E-state index is 11.1. The largest absolute Gasteiger partial charge is 0.490 e. The predicted molar refractivity (Wildman–Crippen MR) is 62.3 cm³/mol. The van der Waals surface area contributed by atoms with Crippen molar-refractivity contribution < 1.29 is 19.2 Å². The predicted octanol–water partition coefficient (Wildman–Crippen LogP) is 2.42. The van der Waals surface area contributed by atoms with E-state index < -0.39 is 10.9 Å². The molecule has 0 bridgehead atoms. The lowest BCUT2D eigenvalue weighted by Gasteiger charge is -2.03. The van der Waals surface area contributed by atoms with Gasteiger partial charge in [-0.1, -0.05) is 13.8 Å². The molecular formula is C11H15NO5. The molecule has 0 saturated heterocycles. The van der Waals surface area contributed by atoms with Gasteiger partial charge in [-0.05, 0) is 6.07 Å². The van der Waals surface area contributed by atoms with Crippen LogP contribution in [0.1, 0.15) is 24.2 Å². The van der Waals surface area contributed by atoms with Crippen LogP contribution in [0, 0.1) is 10.1 Å². The minimum absolute atomic E-state index is 0.0305. The van der Waals surface area contributed by atoms with Crippen molar-refractivity contribution in [1.29, 1.82) is 0 Å². The van der Waals surface area contributed by atoms with E-state index in [2.05, 4.69) is 4.74 Å². The van der Waals surface area contributed by atoms with E-state index in [1.165, 1.54) is 32.4 Å². The molecule has 0 saturated carbocycles. The summed E-state index contributed by atoms with van der Waals surface area (Å²) in [6.07, 6.45) is 0. The number of hydrogen-bond donors (Lipinski definition) is 0. The highest BCUT2D eigenvalue weighted by Gasteiger charge is 2.17. The number of carbonyl (C=O) groups excluding carboxylic acids is 1. The quantitative estimate of drug-likeness (QED) is 0.461. The fourth-order valence-corrected chi connectivity index (χ4v) is 1.07. The standard InChI is InChI=1S/C9H9NO5.C2H6/c1-14-8-5-6(9(11)15-2)3-4-7(8)10(12)13;1-2/h3-5H,1-2H3;1-2H3. The van der Waals surface area contributed by atoms with Gasteiger partial charge >= 0.3 is 11.7 Å². The summed E-state index contributed by atoms with van der Waals surface area (Å²) in [4.78, 5) is 21.1. The third-order valence-electron chi connectivity index (χ3n) is 1.80. The van der Waals surface area contributed by atoms with Crippen LogP contribution in [0.5, 0.6) is 5.75 Å². The van der Waals surface area contributed by atoms with Crippen molar-refractivity contribution in [2.45, 2.75) is 13.8 Å². The van der Waals surface area contributed by atoms with E-state index in [4.69, 9.17) is 4.74 Å². The molecule has 94 valence electrons. The number of nitrogens with zero attached hydrogens (tertiary/aromatic N) is 1. The van der Waals surface area contributed by atoms with Crippen molar-refractivity contribution in [3.8, 4) is 5.75 Å². The Kier molecular flexibility index (Phi) is 6.32. The summed E-state index contributed by atoms with van der Waals surface area (Å²) in [7, 11) is 2.53. The average Bonchev–Trinajstić information content (AvgIpc) is 2.39. The SMILES string of the molecule is CC.COC(=O)c1ccc([N+](=O)[O-])c(OC)c1. The van der Waals surface area contributed by atoms with Crippen molar-refractivity contribution in [1.82, 2.24) is 0 Å². The van der Waals surface area contributed by atoms with Gasteiger partial charge in [0.25, 0.3) is 0 Å². The van der Waals surface area contributed by atoms with E-state index in [1.54, 1.807) is 0 Å². The van der Waals surface area contributed by atoms with E-state index >= 15 is 0 Å². The molecule has 0 spiro atoms. The Morgan fingerprint density at radius 2 is 1.88 bits per heavy atom. The summed E-state index contributed by atoms with van der Waals surface area (Å²) >= 11 is 0. The zero-order valence-electron chi connectivity index (χ0n) is 10.2. The lowest BCUT2D eigenvalue weighted by Crippen LogP contribution is -2.02. The normalized spacial score (nSPS) is 8.71. The molecule has 0 aliphatic heterocycles. The second kappa shape index (κ2) is 7.21. The van der Waals surface area contributed by atoms with Crippen molar-refractivity contribution in [2.75, 3.05) is 14.2 Å². The molecule has 0 heterocycles. The highest BCUT2D eigenvalue weighted by atomic mass is 16.6. The smallest absolute Gasteiger partial charge is 0.337 e. The Morgan fingerprint density at radius 1 is 1.29 bits per heavy atom. The van der Waals surface area contributed by atoms with Gasteiger partial charge < -0.3 is 9.47 Å². The number of esters is 1. The molecule has 0 fully saturated rings. The number of nitro groups is 1. The molecule has 0 unspecified atom stereocenters. The van der Waals surface area contributed by atoms with E-state index in [0.717, 1.165) is 0 Å². The minimum Gasteiger partial charge on any atom is -0.490 e. The summed E-state index contributed by atoms with van der Waals surface area (Å²) in [5, 5.41) is 10.5. The second-order valence-corrected chi connectivity index (χ2v) is 2.64. The molecule has 6 heteroatoms. The van der Waals surface area contributed by atoms with E-state index in [1.807, 2.05) is 13.8 Å². The number of carbonyl (C=O) groups is 1. The summed E-state index contributed by atoms with van der Waals surface area (Å²) in [6.45, 7) is 4.00. The molecular weight excluding hydrogens is 226 g/mol. The summed E-state index contributed by atoms with van der Waals surface area (Å²) in [5.41, 5.74) is 0.0186. The van der Waals surface area contributed by atoms with Gasteiger partial charge in [-0.15, -0.1) is 0 Å². The molecule has 0 atom stereocenters. The third kappa shape index (κ3) is 3.75. The van der Waals surface area contributed by atoms with Crippen LogP contribution < -0.4 is 4.74 Å². The van der Waals surface area contributed by atoms with Gasteiger partial charge in [-0.3, -0.25) is 10.1 Å². The van der Waals surface area contributed by atoms with Crippen LogP contribution in [0.2, 0.25) is 0 Å². The molecule has 0 amide bonds. The summed E-state index contributed by atoms with van der Waals surface area (Å²) in [5.74, 6) is -0.536. The zero-order chi connectivity index (χ0) is 13.4. The van der Waals surface area contributed by atoms with Crippen LogP contribution in [0.4, 0.5) is 5.69 Å². The van der Waals surface area contributed by atoms with Crippen LogP contribution in [-0.2, 0) is 4.74 Å². The number of benzene rings is 1. The molecule has 0 aromatic heterocycles. The van der Waals surface area contributed by atoms with Crippen LogP contribution >= 0.6 is 0 Å². The summed E-state index contributed by atoms with van der Waals surface area (Å²) < 4.78 is 9.26. The zero-order valence-corrected chi connectivity index (χ0v) is 10.2. The molecule has 1 aromatic carbocycles. The molecule has 6 nitrogen and oxygen atoms in total. The highest BCUT2D eigenvalue weighted by Crippen LogP contribution is 2.27. The Hall–Kier alpha value is -2.11. The lowest BCUT2D eigenvalue weighted by molar-refractivity contribution is -0.385. The molecule has 0 aliphatic carbocycles. The van der Waals surface area contributed by atoms with Gasteiger partial charge in [0.15, 0.2) is 5.75 Å². The molecule has 1 aromatic rings. The second-order valence-electron chi connectivity index (χ2n) is 2.64. The maximum Gasteiger partial charge on any atom is 0.337 e. The van der Waals surface area contributed by atoms with Gasteiger partial charge in [0.2, 0.25) is 0 Å². The number of nitro benzene ring substituents is 1. The van der Waals surface area contributed by atoms with Crippen LogP contribution in [-0.4, -0.2) is 25.1 Å². The monoisotopic (exact) mass is 241 g/mol. The lowest BCUT2D eigenvalue weighted by atomic mass is 10.2. The van der Waals surface area contributed by atoms with Crippen LogP contribution in [0.25, 0.3) is 0 Å². The van der Waals surface area contributed by atoms with Gasteiger partial charge in [-0.2, -0.15) is 0 Å². The van der Waals surface area contributed by atoms with E-state index in [0.29, 0.717) is 0 Å². The fourth-order valence-electron chi connectivity index (χ4n) is 1.07. The van der Waals surface area contributed by atoms with Crippen molar-refractivity contribution >= 4 is 11.7 Å². The number of ether oxygens (including phenoxy) is 2. The Bertz CT molecular complexity index is 403. The first-order valence-corrected chi connectivity index (χ1v) is 5.01. The van der Waals surface area contributed by atoms with Crippen molar-refractivity contribution in [2.24, 2.45) is 0 Å². The Morgan fingerprint density at radius 3 is 2.29 bits per heavy atom. The third-order valence-corrected chi connectivity index (χ3v) is 1.80. The number of rotatable bonds is 3. The first-order valence-electron chi connectivity index (χ1n) is 5.01. The van der Waals surface area contributed by atoms with E-state index in [-0.39, 0.29) is 17.0 Å². The Labute approximate surface area is 99.3 Å². The molecule has 0 aliphatic rings.